The molecule has 0 fully saturated rings. The molecular formula is C12H16O. The van der Waals surface area contributed by atoms with E-state index in [2.05, 4.69) is 19.9 Å². The van der Waals surface area contributed by atoms with Gasteiger partial charge in [-0.15, -0.1) is 0 Å². The van der Waals surface area contributed by atoms with Crippen molar-refractivity contribution in [3.8, 4) is 0 Å². The third-order valence-electron chi connectivity index (χ3n) is 2.32. The first-order valence-corrected chi connectivity index (χ1v) is 4.89. The Kier molecular flexibility index (Phi) is 3.69. The van der Waals surface area contributed by atoms with Crippen LogP contribution in [0.5, 0.6) is 0 Å². The van der Waals surface area contributed by atoms with Gasteiger partial charge in [-0.05, 0) is 24.0 Å². The van der Waals surface area contributed by atoms with Crippen molar-refractivity contribution in [1.29, 1.82) is 0 Å². The van der Waals surface area contributed by atoms with Crippen LogP contribution in [0.1, 0.15) is 41.8 Å². The Morgan fingerprint density at radius 3 is 2.62 bits per heavy atom. The van der Waals surface area contributed by atoms with E-state index in [0.29, 0.717) is 0 Å². The van der Waals surface area contributed by atoms with Crippen molar-refractivity contribution in [3.63, 3.8) is 0 Å². The highest BCUT2D eigenvalue weighted by Gasteiger charge is 2.04. The average Bonchev–Trinajstić information content (AvgIpc) is 2.18. The molecule has 0 aliphatic rings. The van der Waals surface area contributed by atoms with Crippen LogP contribution in [-0.4, -0.2) is 6.29 Å². The van der Waals surface area contributed by atoms with Crippen LogP contribution in [0.25, 0.3) is 0 Å². The van der Waals surface area contributed by atoms with Crippen LogP contribution in [-0.2, 0) is 12.8 Å². The second-order valence-corrected chi connectivity index (χ2v) is 3.21. The van der Waals surface area contributed by atoms with Gasteiger partial charge in [0.1, 0.15) is 6.29 Å². The molecule has 0 radical (unpaired) electrons. The molecular weight excluding hydrogens is 160 g/mol. The van der Waals surface area contributed by atoms with Crippen molar-refractivity contribution in [1.82, 2.24) is 0 Å². The minimum atomic E-state index is 0.862. The molecule has 0 amide bonds. The third kappa shape index (κ3) is 2.18. The molecule has 70 valence electrons. The summed E-state index contributed by atoms with van der Waals surface area (Å²) < 4.78 is 0. The molecule has 13 heavy (non-hydrogen) atoms. The largest absolute Gasteiger partial charge is 0.298 e. The lowest BCUT2D eigenvalue weighted by Crippen LogP contribution is -1.98. The number of aldehydes is 1. The molecule has 0 aliphatic heterocycles. The maximum atomic E-state index is 10.8. The quantitative estimate of drug-likeness (QED) is 0.644. The molecule has 0 aliphatic carbocycles. The highest BCUT2D eigenvalue weighted by molar-refractivity contribution is 5.77. The monoisotopic (exact) mass is 176 g/mol. The molecule has 0 spiro atoms. The van der Waals surface area contributed by atoms with Crippen molar-refractivity contribution in [3.05, 3.63) is 34.9 Å². The summed E-state index contributed by atoms with van der Waals surface area (Å²) in [5.41, 5.74) is 3.41. The fourth-order valence-electron chi connectivity index (χ4n) is 1.65. The Hall–Kier alpha value is -1.11. The zero-order valence-corrected chi connectivity index (χ0v) is 8.34. The summed E-state index contributed by atoms with van der Waals surface area (Å²) in [5, 5.41) is 0. The van der Waals surface area contributed by atoms with Gasteiger partial charge in [0.2, 0.25) is 0 Å². The lowest BCUT2D eigenvalue weighted by Gasteiger charge is -2.08. The number of hydrogen-bond donors (Lipinski definition) is 0. The second-order valence-electron chi connectivity index (χ2n) is 3.21. The van der Waals surface area contributed by atoms with Gasteiger partial charge in [-0.1, -0.05) is 38.5 Å². The van der Waals surface area contributed by atoms with Crippen LogP contribution in [0.2, 0.25) is 0 Å². The van der Waals surface area contributed by atoms with E-state index in [1.165, 1.54) is 11.1 Å². The first kappa shape index (κ1) is 9.97. The molecule has 0 saturated heterocycles. The molecule has 0 bridgehead atoms. The summed E-state index contributed by atoms with van der Waals surface area (Å²) in [5.74, 6) is 0. The Morgan fingerprint density at radius 2 is 2.08 bits per heavy atom. The van der Waals surface area contributed by atoms with Crippen molar-refractivity contribution < 1.29 is 4.79 Å². The molecule has 1 aromatic rings. The van der Waals surface area contributed by atoms with Crippen LogP contribution in [0.3, 0.4) is 0 Å². The second kappa shape index (κ2) is 4.80. The van der Waals surface area contributed by atoms with E-state index in [1.807, 2.05) is 12.1 Å². The van der Waals surface area contributed by atoms with Crippen molar-refractivity contribution in [2.24, 2.45) is 0 Å². The van der Waals surface area contributed by atoms with Gasteiger partial charge in [0.05, 0.1) is 0 Å². The van der Waals surface area contributed by atoms with Crippen molar-refractivity contribution in [2.75, 3.05) is 0 Å². The number of aryl methyl sites for hydroxylation is 1. The molecule has 0 heterocycles. The molecule has 1 rings (SSSR count). The summed E-state index contributed by atoms with van der Waals surface area (Å²) in [4.78, 5) is 10.8. The Balaban J connectivity index is 3.12. The van der Waals surface area contributed by atoms with Crippen molar-refractivity contribution in [2.45, 2.75) is 33.1 Å². The third-order valence-corrected chi connectivity index (χ3v) is 2.32. The van der Waals surface area contributed by atoms with Crippen molar-refractivity contribution >= 4 is 6.29 Å². The molecule has 1 aromatic carbocycles. The maximum Gasteiger partial charge on any atom is 0.150 e. The van der Waals surface area contributed by atoms with E-state index in [9.17, 15) is 4.79 Å². The maximum absolute atomic E-state index is 10.8. The van der Waals surface area contributed by atoms with E-state index >= 15 is 0 Å². The molecule has 1 nitrogen and oxygen atoms in total. The predicted octanol–water partition coefficient (Wildman–Crippen LogP) is 3.01. The van der Waals surface area contributed by atoms with Gasteiger partial charge < -0.3 is 0 Å². The molecule has 0 unspecified atom stereocenters. The minimum Gasteiger partial charge on any atom is -0.298 e. The fourth-order valence-corrected chi connectivity index (χ4v) is 1.65. The smallest absolute Gasteiger partial charge is 0.150 e. The van der Waals surface area contributed by atoms with Crippen LogP contribution < -0.4 is 0 Å². The van der Waals surface area contributed by atoms with Gasteiger partial charge >= 0.3 is 0 Å². The van der Waals surface area contributed by atoms with Gasteiger partial charge in [-0.2, -0.15) is 0 Å². The molecule has 0 saturated carbocycles. The van der Waals surface area contributed by atoms with Gasteiger partial charge in [-0.3, -0.25) is 4.79 Å². The van der Waals surface area contributed by atoms with Crippen LogP contribution in [0.15, 0.2) is 18.2 Å². The summed E-state index contributed by atoms with van der Waals surface area (Å²) in [6.07, 6.45) is 4.08. The number of benzene rings is 1. The van der Waals surface area contributed by atoms with Crippen LogP contribution in [0, 0.1) is 0 Å². The first-order chi connectivity index (χ1) is 6.33. The normalized spacial score (nSPS) is 10.0. The topological polar surface area (TPSA) is 17.1 Å². The molecule has 0 atom stereocenters. The highest BCUT2D eigenvalue weighted by Crippen LogP contribution is 2.16. The fraction of sp³-hybridized carbons (Fsp3) is 0.417. The highest BCUT2D eigenvalue weighted by atomic mass is 16.1. The van der Waals surface area contributed by atoms with E-state index in [1.54, 1.807) is 0 Å². The van der Waals surface area contributed by atoms with E-state index in [4.69, 9.17) is 0 Å². The zero-order chi connectivity index (χ0) is 9.68. The van der Waals surface area contributed by atoms with Crippen LogP contribution >= 0.6 is 0 Å². The van der Waals surface area contributed by atoms with Gasteiger partial charge in [0.15, 0.2) is 0 Å². The number of carbonyl (C=O) groups is 1. The molecule has 0 N–H and O–H groups in total. The first-order valence-electron chi connectivity index (χ1n) is 4.89. The van der Waals surface area contributed by atoms with E-state index in [0.717, 1.165) is 31.1 Å². The number of hydrogen-bond acceptors (Lipinski definition) is 1. The Bertz CT molecular complexity index is 289. The lowest BCUT2D eigenvalue weighted by atomic mass is 9.96. The summed E-state index contributed by atoms with van der Waals surface area (Å²) in [6.45, 7) is 4.27. The van der Waals surface area contributed by atoms with Crippen LogP contribution in [0.4, 0.5) is 0 Å². The van der Waals surface area contributed by atoms with Gasteiger partial charge in [0.25, 0.3) is 0 Å². The average molecular weight is 176 g/mol. The Morgan fingerprint density at radius 1 is 1.31 bits per heavy atom. The lowest BCUT2D eigenvalue weighted by molar-refractivity contribution is 0.112. The molecule has 0 aromatic heterocycles. The SMILES string of the molecule is CCCc1c(C=O)cccc1CC. The Labute approximate surface area is 79.8 Å². The number of rotatable bonds is 4. The van der Waals surface area contributed by atoms with E-state index in [-0.39, 0.29) is 0 Å². The summed E-state index contributed by atoms with van der Waals surface area (Å²) in [6, 6.07) is 5.97. The summed E-state index contributed by atoms with van der Waals surface area (Å²) in [7, 11) is 0. The van der Waals surface area contributed by atoms with E-state index < -0.39 is 0 Å². The van der Waals surface area contributed by atoms with Gasteiger partial charge in [-0.25, -0.2) is 0 Å². The zero-order valence-electron chi connectivity index (χ0n) is 8.34. The minimum absolute atomic E-state index is 0.862. The van der Waals surface area contributed by atoms with Gasteiger partial charge in [0, 0.05) is 5.56 Å². The predicted molar refractivity (Wildman–Crippen MR) is 55.2 cm³/mol. The molecule has 1 heteroatoms. The number of carbonyl (C=O) groups excluding carboxylic acids is 1. The summed E-state index contributed by atoms with van der Waals surface area (Å²) >= 11 is 0. The standard InChI is InChI=1S/C12H16O/c1-3-6-12-10(4-2)7-5-8-11(12)9-13/h5,7-9H,3-4,6H2,1-2H3.